The first-order valence-electron chi connectivity index (χ1n) is 8.28. The summed E-state index contributed by atoms with van der Waals surface area (Å²) in [6.45, 7) is 1.91. The number of anilines is 2. The van der Waals surface area contributed by atoms with Crippen LogP contribution in [-0.2, 0) is 0 Å². The summed E-state index contributed by atoms with van der Waals surface area (Å²) in [4.78, 5) is 12.7. The molecule has 3 rings (SSSR count). The molecule has 126 valence electrons. The average molecular weight is 325 g/mol. The molecule has 1 heterocycles. The van der Waals surface area contributed by atoms with Crippen molar-refractivity contribution in [2.24, 2.45) is 0 Å². The Hall–Kier alpha value is -2.53. The molecule has 0 spiro atoms. The summed E-state index contributed by atoms with van der Waals surface area (Å²) < 4.78 is 5.25. The highest BCUT2D eigenvalue weighted by Gasteiger charge is 2.18. The Balaban J connectivity index is 1.75. The van der Waals surface area contributed by atoms with E-state index in [4.69, 9.17) is 4.74 Å². The molecule has 2 aromatic carbocycles. The van der Waals surface area contributed by atoms with Gasteiger partial charge in [-0.25, -0.2) is 0 Å². The van der Waals surface area contributed by atoms with Crippen LogP contribution in [0.1, 0.15) is 23.2 Å². The van der Waals surface area contributed by atoms with Crippen LogP contribution < -0.4 is 20.7 Å². The summed E-state index contributed by atoms with van der Waals surface area (Å²) in [6.07, 6.45) is 1.94. The predicted molar refractivity (Wildman–Crippen MR) is 96.1 cm³/mol. The van der Waals surface area contributed by atoms with Gasteiger partial charge in [-0.3, -0.25) is 4.79 Å². The van der Waals surface area contributed by atoms with E-state index in [0.717, 1.165) is 43.1 Å². The molecule has 0 unspecified atom stereocenters. The Morgan fingerprint density at radius 3 is 2.71 bits per heavy atom. The number of piperidine rings is 1. The molecule has 1 saturated heterocycles. The van der Waals surface area contributed by atoms with Gasteiger partial charge in [0.25, 0.3) is 5.91 Å². The van der Waals surface area contributed by atoms with E-state index in [2.05, 4.69) is 16.0 Å². The fourth-order valence-corrected chi connectivity index (χ4v) is 2.88. The molecule has 24 heavy (non-hydrogen) atoms. The number of hydrogen-bond donors (Lipinski definition) is 3. The van der Waals surface area contributed by atoms with Gasteiger partial charge in [0.05, 0.1) is 18.4 Å². The van der Waals surface area contributed by atoms with Crippen molar-refractivity contribution in [3.8, 4) is 5.75 Å². The molecular weight excluding hydrogens is 302 g/mol. The molecule has 1 amide bonds. The molecule has 1 aliphatic heterocycles. The normalized spacial score (nSPS) is 14.9. The fraction of sp³-hybridized carbons (Fsp3) is 0.316. The van der Waals surface area contributed by atoms with Gasteiger partial charge in [0.2, 0.25) is 0 Å². The predicted octanol–water partition coefficient (Wildman–Crippen LogP) is 2.92. The van der Waals surface area contributed by atoms with Gasteiger partial charge in [0.1, 0.15) is 5.75 Å². The molecular formula is C19H23N3O2. The number of amides is 1. The molecule has 0 bridgehead atoms. The van der Waals surface area contributed by atoms with E-state index >= 15 is 0 Å². The van der Waals surface area contributed by atoms with E-state index in [-0.39, 0.29) is 11.9 Å². The Labute approximate surface area is 142 Å². The third kappa shape index (κ3) is 4.06. The highest BCUT2D eigenvalue weighted by molar-refractivity contribution is 6.00. The van der Waals surface area contributed by atoms with Crippen molar-refractivity contribution >= 4 is 17.3 Å². The van der Waals surface area contributed by atoms with Crippen LogP contribution in [-0.4, -0.2) is 32.1 Å². The van der Waals surface area contributed by atoms with Gasteiger partial charge in [-0.1, -0.05) is 18.2 Å². The lowest BCUT2D eigenvalue weighted by molar-refractivity contribution is 0.0930. The smallest absolute Gasteiger partial charge is 0.253 e. The maximum atomic E-state index is 12.7. The molecule has 2 aromatic rings. The Morgan fingerprint density at radius 1 is 1.12 bits per heavy atom. The third-order valence-electron chi connectivity index (χ3n) is 4.19. The zero-order valence-corrected chi connectivity index (χ0v) is 13.8. The summed E-state index contributed by atoms with van der Waals surface area (Å²) >= 11 is 0. The molecule has 0 atom stereocenters. The van der Waals surface area contributed by atoms with Gasteiger partial charge < -0.3 is 20.7 Å². The molecule has 0 saturated carbocycles. The van der Waals surface area contributed by atoms with E-state index in [9.17, 15) is 4.79 Å². The maximum absolute atomic E-state index is 12.7. The average Bonchev–Trinajstić information content (AvgIpc) is 2.63. The van der Waals surface area contributed by atoms with Crippen LogP contribution in [0.2, 0.25) is 0 Å². The number of carbonyl (C=O) groups is 1. The summed E-state index contributed by atoms with van der Waals surface area (Å²) in [5.74, 6) is 0.740. The number of para-hydroxylation sites is 1. The van der Waals surface area contributed by atoms with Crippen LogP contribution in [0.5, 0.6) is 5.75 Å². The second-order valence-corrected chi connectivity index (χ2v) is 5.90. The van der Waals surface area contributed by atoms with E-state index in [1.807, 2.05) is 48.5 Å². The lowest BCUT2D eigenvalue weighted by atomic mass is 10.1. The number of rotatable bonds is 5. The molecule has 1 fully saturated rings. The summed E-state index contributed by atoms with van der Waals surface area (Å²) in [7, 11) is 1.64. The van der Waals surface area contributed by atoms with Crippen molar-refractivity contribution in [3.63, 3.8) is 0 Å². The first kappa shape index (κ1) is 16.3. The number of carbonyl (C=O) groups excluding carboxylic acids is 1. The Bertz CT molecular complexity index is 697. The first-order chi connectivity index (χ1) is 11.8. The monoisotopic (exact) mass is 325 g/mol. The largest absolute Gasteiger partial charge is 0.497 e. The number of methoxy groups -OCH3 is 1. The minimum atomic E-state index is -0.0344. The molecule has 0 aromatic heterocycles. The number of benzene rings is 2. The Kier molecular flexibility index (Phi) is 5.33. The lowest BCUT2D eigenvalue weighted by Gasteiger charge is -2.24. The minimum Gasteiger partial charge on any atom is -0.497 e. The van der Waals surface area contributed by atoms with Crippen molar-refractivity contribution in [2.45, 2.75) is 18.9 Å². The van der Waals surface area contributed by atoms with Crippen LogP contribution in [0.25, 0.3) is 0 Å². The second-order valence-electron chi connectivity index (χ2n) is 5.90. The van der Waals surface area contributed by atoms with E-state index in [1.54, 1.807) is 7.11 Å². The topological polar surface area (TPSA) is 62.4 Å². The molecule has 3 N–H and O–H groups in total. The maximum Gasteiger partial charge on any atom is 0.253 e. The first-order valence-corrected chi connectivity index (χ1v) is 8.28. The third-order valence-corrected chi connectivity index (χ3v) is 4.19. The van der Waals surface area contributed by atoms with Crippen molar-refractivity contribution in [3.05, 3.63) is 54.1 Å². The van der Waals surface area contributed by atoms with Gasteiger partial charge in [0, 0.05) is 17.8 Å². The van der Waals surface area contributed by atoms with Crippen molar-refractivity contribution in [2.75, 3.05) is 25.5 Å². The van der Waals surface area contributed by atoms with Gasteiger partial charge in [-0.05, 0) is 50.2 Å². The van der Waals surface area contributed by atoms with Crippen LogP contribution in [0.4, 0.5) is 11.4 Å². The van der Waals surface area contributed by atoms with Crippen molar-refractivity contribution in [1.82, 2.24) is 10.6 Å². The molecule has 0 radical (unpaired) electrons. The molecule has 0 aliphatic carbocycles. The van der Waals surface area contributed by atoms with Crippen LogP contribution in [0, 0.1) is 0 Å². The zero-order valence-electron chi connectivity index (χ0n) is 13.8. The summed E-state index contributed by atoms with van der Waals surface area (Å²) in [5, 5.41) is 9.76. The van der Waals surface area contributed by atoms with Crippen LogP contribution >= 0.6 is 0 Å². The second kappa shape index (κ2) is 7.84. The van der Waals surface area contributed by atoms with Crippen LogP contribution in [0.3, 0.4) is 0 Å². The molecule has 5 nitrogen and oxygen atoms in total. The Morgan fingerprint density at radius 2 is 1.92 bits per heavy atom. The number of ether oxygens (including phenoxy) is 1. The lowest BCUT2D eigenvalue weighted by Crippen LogP contribution is -2.42. The minimum absolute atomic E-state index is 0.0344. The van der Waals surface area contributed by atoms with Crippen LogP contribution in [0.15, 0.2) is 48.5 Å². The SMILES string of the molecule is COc1cccc(Nc2ccccc2C(=O)NC2CCNCC2)c1. The van der Waals surface area contributed by atoms with E-state index in [0.29, 0.717) is 5.56 Å². The van der Waals surface area contributed by atoms with Crippen molar-refractivity contribution in [1.29, 1.82) is 0 Å². The number of nitrogens with one attached hydrogen (secondary N) is 3. The van der Waals surface area contributed by atoms with Gasteiger partial charge in [-0.15, -0.1) is 0 Å². The highest BCUT2D eigenvalue weighted by Crippen LogP contribution is 2.24. The molecule has 1 aliphatic rings. The summed E-state index contributed by atoms with van der Waals surface area (Å²) in [6, 6.07) is 15.5. The van der Waals surface area contributed by atoms with Gasteiger partial charge >= 0.3 is 0 Å². The van der Waals surface area contributed by atoms with Gasteiger partial charge in [-0.2, -0.15) is 0 Å². The standard InChI is InChI=1S/C19H23N3O2/c1-24-16-6-4-5-15(13-16)21-18-8-3-2-7-17(18)19(23)22-14-9-11-20-12-10-14/h2-8,13-14,20-21H,9-12H2,1H3,(H,22,23). The van der Waals surface area contributed by atoms with E-state index < -0.39 is 0 Å². The zero-order chi connectivity index (χ0) is 16.8. The van der Waals surface area contributed by atoms with Crippen molar-refractivity contribution < 1.29 is 9.53 Å². The quantitative estimate of drug-likeness (QED) is 0.791. The highest BCUT2D eigenvalue weighted by atomic mass is 16.5. The number of hydrogen-bond acceptors (Lipinski definition) is 4. The van der Waals surface area contributed by atoms with Gasteiger partial charge in [0.15, 0.2) is 0 Å². The van der Waals surface area contributed by atoms with E-state index in [1.165, 1.54) is 0 Å². The summed E-state index contributed by atoms with van der Waals surface area (Å²) in [5.41, 5.74) is 2.33. The molecule has 5 heteroatoms. The fourth-order valence-electron chi connectivity index (χ4n) is 2.88.